The average Bonchev–Trinajstić information content (AvgIpc) is 3.10. The van der Waals surface area contributed by atoms with Crippen LogP contribution in [0.3, 0.4) is 0 Å². The molecule has 8 nitrogen and oxygen atoms in total. The van der Waals surface area contributed by atoms with Crippen molar-refractivity contribution in [3.63, 3.8) is 0 Å². The van der Waals surface area contributed by atoms with Crippen molar-refractivity contribution in [2.75, 3.05) is 16.4 Å². The van der Waals surface area contributed by atoms with Crippen molar-refractivity contribution >= 4 is 58.5 Å². The molecule has 0 aromatic heterocycles. The smallest absolute Gasteiger partial charge is 0.272 e. The lowest BCUT2D eigenvalue weighted by Gasteiger charge is -2.20. The van der Waals surface area contributed by atoms with Crippen LogP contribution in [-0.2, 0) is 9.59 Å². The highest BCUT2D eigenvalue weighted by Gasteiger charge is 2.31. The first-order valence-corrected chi connectivity index (χ1v) is 16.1. The number of amides is 3. The van der Waals surface area contributed by atoms with Crippen molar-refractivity contribution in [1.29, 1.82) is 0 Å². The molecule has 0 bridgehead atoms. The summed E-state index contributed by atoms with van der Waals surface area (Å²) in [5.41, 5.74) is 4.18. The first-order chi connectivity index (χ1) is 23.3. The largest absolute Gasteiger partial charge is 0.325 e. The molecule has 0 spiro atoms. The van der Waals surface area contributed by atoms with Gasteiger partial charge in [0.2, 0.25) is 5.91 Å². The Labute approximate surface area is 281 Å². The summed E-state index contributed by atoms with van der Waals surface area (Å²) in [6, 6.07) is 34.7. The van der Waals surface area contributed by atoms with Gasteiger partial charge in [-0.2, -0.15) is 0 Å². The molecule has 236 valence electrons. The number of anilines is 2. The average molecular weight is 652 g/mol. The predicted molar refractivity (Wildman–Crippen MR) is 187 cm³/mol. The summed E-state index contributed by atoms with van der Waals surface area (Å²) in [6.45, 7) is 1.94. The second-order valence-corrected chi connectivity index (χ2v) is 12.1. The molecule has 3 N–H and O–H groups in total. The molecule has 5 aromatic carbocycles. The Kier molecular flexibility index (Phi) is 9.40. The summed E-state index contributed by atoms with van der Waals surface area (Å²) < 4.78 is 0. The Balaban J connectivity index is 1.10. The second-order valence-electron chi connectivity index (χ2n) is 11.0. The standard InChI is InChI=1S/C39H29N3O5S/c1-24-9-7-10-25(21-24)22-33(42-38(46)26-11-3-2-4-12-26)39(47)40-27-17-19-28(20-18-27)48-23-34(43)41-32-16-8-15-31-35(32)37(45)30-14-6-5-13-29(30)36(31)44/h2-22H,23H2,1H3,(H,40,47)(H,41,43)(H,42,46)/b33-22-. The molecule has 0 saturated heterocycles. The molecule has 3 amide bonds. The Hall–Kier alpha value is -6.06. The summed E-state index contributed by atoms with van der Waals surface area (Å²) in [5.74, 6) is -1.77. The van der Waals surface area contributed by atoms with Gasteiger partial charge < -0.3 is 16.0 Å². The molecule has 0 aliphatic heterocycles. The third-order valence-electron chi connectivity index (χ3n) is 7.59. The molecule has 0 fully saturated rings. The highest BCUT2D eigenvalue weighted by Crippen LogP contribution is 2.32. The van der Waals surface area contributed by atoms with E-state index in [1.165, 1.54) is 11.8 Å². The fraction of sp³-hybridized carbons (Fsp3) is 0.0513. The zero-order valence-corrected chi connectivity index (χ0v) is 26.6. The first-order valence-electron chi connectivity index (χ1n) is 15.1. The second kappa shape index (κ2) is 14.1. The van der Waals surface area contributed by atoms with Crippen molar-refractivity contribution in [2.24, 2.45) is 0 Å². The van der Waals surface area contributed by atoms with Gasteiger partial charge in [-0.15, -0.1) is 11.8 Å². The third-order valence-corrected chi connectivity index (χ3v) is 8.60. The predicted octanol–water partition coefficient (Wildman–Crippen LogP) is 6.91. The van der Waals surface area contributed by atoms with Crippen LogP contribution in [0.5, 0.6) is 0 Å². The fourth-order valence-electron chi connectivity index (χ4n) is 5.29. The minimum atomic E-state index is -0.498. The summed E-state index contributed by atoms with van der Waals surface area (Å²) in [7, 11) is 0. The van der Waals surface area contributed by atoms with Gasteiger partial charge in [-0.1, -0.05) is 84.4 Å². The Morgan fingerprint density at radius 1 is 0.688 bits per heavy atom. The SMILES string of the molecule is Cc1cccc(/C=C(\NC(=O)c2ccccc2)C(=O)Nc2ccc(SCC(=O)Nc3cccc4c3C(=O)c3ccccc3C4=O)cc2)c1. The maximum atomic E-state index is 13.4. The number of carbonyl (C=O) groups excluding carboxylic acids is 5. The van der Waals surface area contributed by atoms with Crippen molar-refractivity contribution in [3.8, 4) is 0 Å². The van der Waals surface area contributed by atoms with Gasteiger partial charge in [0, 0.05) is 32.8 Å². The van der Waals surface area contributed by atoms with Crippen LogP contribution in [0.15, 0.2) is 132 Å². The summed E-state index contributed by atoms with van der Waals surface area (Å²) in [6.07, 6.45) is 1.62. The van der Waals surface area contributed by atoms with Crippen molar-refractivity contribution < 1.29 is 24.0 Å². The van der Waals surface area contributed by atoms with Gasteiger partial charge in [-0.3, -0.25) is 24.0 Å². The third kappa shape index (κ3) is 7.16. The maximum Gasteiger partial charge on any atom is 0.272 e. The van der Waals surface area contributed by atoms with E-state index in [1.54, 1.807) is 97.1 Å². The molecular formula is C39H29N3O5S. The highest BCUT2D eigenvalue weighted by molar-refractivity contribution is 8.00. The lowest BCUT2D eigenvalue weighted by Crippen LogP contribution is -2.30. The van der Waals surface area contributed by atoms with E-state index in [-0.39, 0.29) is 45.7 Å². The zero-order chi connectivity index (χ0) is 33.6. The lowest BCUT2D eigenvalue weighted by molar-refractivity contribution is -0.114. The number of hydrogen-bond donors (Lipinski definition) is 3. The van der Waals surface area contributed by atoms with E-state index in [2.05, 4.69) is 16.0 Å². The molecule has 1 aliphatic rings. The van der Waals surface area contributed by atoms with Crippen LogP contribution >= 0.6 is 11.8 Å². The molecule has 0 heterocycles. The molecular weight excluding hydrogens is 623 g/mol. The number of nitrogens with one attached hydrogen (secondary N) is 3. The molecule has 6 rings (SSSR count). The van der Waals surface area contributed by atoms with E-state index in [0.717, 1.165) is 16.0 Å². The number of benzene rings is 5. The number of fused-ring (bicyclic) bond motifs is 2. The van der Waals surface area contributed by atoms with E-state index in [0.29, 0.717) is 22.4 Å². The van der Waals surface area contributed by atoms with Gasteiger partial charge in [0.05, 0.1) is 17.0 Å². The monoisotopic (exact) mass is 651 g/mol. The van der Waals surface area contributed by atoms with Gasteiger partial charge in [0.1, 0.15) is 5.70 Å². The molecule has 1 aliphatic carbocycles. The summed E-state index contributed by atoms with van der Waals surface area (Å²) in [4.78, 5) is 66.2. The van der Waals surface area contributed by atoms with Crippen molar-refractivity contribution in [3.05, 3.63) is 166 Å². The van der Waals surface area contributed by atoms with E-state index >= 15 is 0 Å². The van der Waals surface area contributed by atoms with Crippen LogP contribution in [0.25, 0.3) is 6.08 Å². The van der Waals surface area contributed by atoms with Crippen LogP contribution in [0, 0.1) is 6.92 Å². The van der Waals surface area contributed by atoms with E-state index in [4.69, 9.17) is 0 Å². The van der Waals surface area contributed by atoms with Crippen LogP contribution in [0.4, 0.5) is 11.4 Å². The van der Waals surface area contributed by atoms with Crippen LogP contribution in [0.2, 0.25) is 0 Å². The number of thioether (sulfide) groups is 1. The van der Waals surface area contributed by atoms with Gasteiger partial charge in [-0.25, -0.2) is 0 Å². The van der Waals surface area contributed by atoms with E-state index in [9.17, 15) is 24.0 Å². The topological polar surface area (TPSA) is 121 Å². The zero-order valence-electron chi connectivity index (χ0n) is 25.8. The molecule has 5 aromatic rings. The number of carbonyl (C=O) groups is 5. The highest BCUT2D eigenvalue weighted by atomic mass is 32.2. The van der Waals surface area contributed by atoms with Crippen molar-refractivity contribution in [1.82, 2.24) is 5.32 Å². The van der Waals surface area contributed by atoms with E-state index in [1.807, 2.05) is 37.3 Å². The van der Waals surface area contributed by atoms with Gasteiger partial charge in [0.15, 0.2) is 11.6 Å². The van der Waals surface area contributed by atoms with Crippen LogP contribution in [-0.4, -0.2) is 35.0 Å². The molecule has 0 atom stereocenters. The minimum Gasteiger partial charge on any atom is -0.325 e. The summed E-state index contributed by atoms with van der Waals surface area (Å²) >= 11 is 1.27. The quantitative estimate of drug-likeness (QED) is 0.115. The number of aryl methyl sites for hydroxylation is 1. The fourth-order valence-corrected chi connectivity index (χ4v) is 5.98. The molecule has 9 heteroatoms. The normalized spacial score (nSPS) is 12.1. The van der Waals surface area contributed by atoms with Crippen molar-refractivity contribution in [2.45, 2.75) is 11.8 Å². The maximum absolute atomic E-state index is 13.4. The Morgan fingerprint density at radius 2 is 1.35 bits per heavy atom. The molecule has 0 unspecified atom stereocenters. The minimum absolute atomic E-state index is 0.0446. The number of hydrogen-bond acceptors (Lipinski definition) is 6. The Morgan fingerprint density at radius 3 is 2.08 bits per heavy atom. The van der Waals surface area contributed by atoms with Gasteiger partial charge >= 0.3 is 0 Å². The molecule has 48 heavy (non-hydrogen) atoms. The van der Waals surface area contributed by atoms with Crippen LogP contribution in [0.1, 0.15) is 53.3 Å². The molecule has 0 radical (unpaired) electrons. The van der Waals surface area contributed by atoms with E-state index < -0.39 is 11.8 Å². The number of ketones is 2. The summed E-state index contributed by atoms with van der Waals surface area (Å²) in [5, 5.41) is 8.36. The van der Waals surface area contributed by atoms with Gasteiger partial charge in [-0.05, 0) is 61.0 Å². The van der Waals surface area contributed by atoms with Crippen LogP contribution < -0.4 is 16.0 Å². The number of rotatable bonds is 9. The lowest BCUT2D eigenvalue weighted by atomic mass is 9.83. The Bertz CT molecular complexity index is 2110. The first kappa shape index (κ1) is 31.9. The molecule has 0 saturated carbocycles. The van der Waals surface area contributed by atoms with Gasteiger partial charge in [0.25, 0.3) is 11.8 Å².